The van der Waals surface area contributed by atoms with Gasteiger partial charge in [0, 0.05) is 11.6 Å². The monoisotopic (exact) mass is 280 g/mol. The van der Waals surface area contributed by atoms with Crippen molar-refractivity contribution < 1.29 is 18.3 Å². The number of carbonyl (C=O) groups is 1. The second-order valence-corrected chi connectivity index (χ2v) is 6.00. The number of anilines is 1. The minimum atomic E-state index is -3.98. The van der Waals surface area contributed by atoms with Gasteiger partial charge in [0.05, 0.1) is 11.2 Å². The van der Waals surface area contributed by atoms with E-state index < -0.39 is 21.2 Å². The van der Waals surface area contributed by atoms with E-state index in [-0.39, 0.29) is 0 Å². The number of rotatable bonds is 4. The van der Waals surface area contributed by atoms with Gasteiger partial charge in [0.15, 0.2) is 5.25 Å². The normalized spacial score (nSPS) is 13.1. The van der Waals surface area contributed by atoms with Crippen LogP contribution in [0.2, 0.25) is 0 Å². The third-order valence-corrected chi connectivity index (χ3v) is 4.35. The molecule has 0 fully saturated rings. The minimum absolute atomic E-state index is 0.318. The van der Waals surface area contributed by atoms with Crippen LogP contribution in [0.15, 0.2) is 36.5 Å². The van der Waals surface area contributed by atoms with Gasteiger partial charge in [0.1, 0.15) is 0 Å². The third-order valence-electron chi connectivity index (χ3n) is 2.71. The number of nitrogens with one attached hydrogen (secondary N) is 1. The summed E-state index contributed by atoms with van der Waals surface area (Å²) in [6, 6.07) is 8.36. The van der Waals surface area contributed by atoms with Crippen LogP contribution in [0.1, 0.15) is 6.92 Å². The lowest BCUT2D eigenvalue weighted by Gasteiger charge is -2.12. The fourth-order valence-electron chi connectivity index (χ4n) is 1.57. The molecule has 1 aromatic heterocycles. The molecule has 0 radical (unpaired) electrons. The molecule has 1 atom stereocenters. The van der Waals surface area contributed by atoms with E-state index in [9.17, 15) is 13.2 Å². The highest BCUT2D eigenvalue weighted by atomic mass is 32.2. The van der Waals surface area contributed by atoms with Crippen LogP contribution in [0.3, 0.4) is 0 Å². The topological polar surface area (TPSA) is 96.4 Å². The Hall–Kier alpha value is -2.15. The summed E-state index contributed by atoms with van der Waals surface area (Å²) in [5, 5.41) is 7.87. The van der Waals surface area contributed by atoms with Crippen molar-refractivity contribution in [3.8, 4) is 0 Å². The number of fused-ring (bicyclic) bond motifs is 1. The zero-order valence-electron chi connectivity index (χ0n) is 10.1. The number of sulfonamides is 1. The molecule has 6 nitrogen and oxygen atoms in total. The molecular formula is C12H12N2O4S. The molecule has 100 valence electrons. The zero-order chi connectivity index (χ0) is 14.0. The number of aromatic nitrogens is 1. The molecule has 2 rings (SSSR count). The molecule has 19 heavy (non-hydrogen) atoms. The van der Waals surface area contributed by atoms with Crippen molar-refractivity contribution in [3.05, 3.63) is 36.5 Å². The molecule has 2 aromatic rings. The lowest BCUT2D eigenvalue weighted by atomic mass is 10.2. The highest BCUT2D eigenvalue weighted by Gasteiger charge is 2.27. The average molecular weight is 280 g/mol. The van der Waals surface area contributed by atoms with Gasteiger partial charge in [-0.3, -0.25) is 14.5 Å². The Morgan fingerprint density at radius 2 is 2.05 bits per heavy atom. The van der Waals surface area contributed by atoms with Gasteiger partial charge in [-0.25, -0.2) is 8.42 Å². The van der Waals surface area contributed by atoms with Crippen LogP contribution in [0.4, 0.5) is 5.69 Å². The largest absolute Gasteiger partial charge is 0.480 e. The van der Waals surface area contributed by atoms with Crippen molar-refractivity contribution in [2.24, 2.45) is 0 Å². The van der Waals surface area contributed by atoms with Crippen molar-refractivity contribution in [3.63, 3.8) is 0 Å². The van der Waals surface area contributed by atoms with Crippen molar-refractivity contribution in [2.75, 3.05) is 4.72 Å². The summed E-state index contributed by atoms with van der Waals surface area (Å²) in [4.78, 5) is 14.9. The van der Waals surface area contributed by atoms with Crippen molar-refractivity contribution in [2.45, 2.75) is 12.2 Å². The molecule has 1 unspecified atom stereocenters. The van der Waals surface area contributed by atoms with Crippen LogP contribution < -0.4 is 4.72 Å². The summed E-state index contributed by atoms with van der Waals surface area (Å²) in [7, 11) is -3.98. The maximum Gasteiger partial charge on any atom is 0.323 e. The smallest absolute Gasteiger partial charge is 0.323 e. The molecule has 0 aliphatic carbocycles. The number of hydrogen-bond acceptors (Lipinski definition) is 4. The molecule has 0 aliphatic rings. The summed E-state index contributed by atoms with van der Waals surface area (Å²) in [5.74, 6) is -1.40. The van der Waals surface area contributed by atoms with Gasteiger partial charge in [-0.05, 0) is 31.2 Å². The molecule has 1 heterocycles. The Labute approximate surface area is 110 Å². The summed E-state index contributed by atoms with van der Waals surface area (Å²) in [6.07, 6.45) is 1.60. The lowest BCUT2D eigenvalue weighted by Crippen LogP contribution is -2.32. The van der Waals surface area contributed by atoms with Crippen LogP contribution >= 0.6 is 0 Å². The van der Waals surface area contributed by atoms with E-state index in [1.165, 1.54) is 0 Å². The van der Waals surface area contributed by atoms with E-state index in [2.05, 4.69) is 9.71 Å². The fourth-order valence-corrected chi connectivity index (χ4v) is 2.49. The predicted octanol–water partition coefficient (Wildman–Crippen LogP) is 1.45. The first-order valence-corrected chi connectivity index (χ1v) is 7.04. The summed E-state index contributed by atoms with van der Waals surface area (Å²) < 4.78 is 26.0. The maximum absolute atomic E-state index is 11.9. The second-order valence-electron chi connectivity index (χ2n) is 4.00. The molecule has 2 N–H and O–H groups in total. The lowest BCUT2D eigenvalue weighted by molar-refractivity contribution is -0.136. The zero-order valence-corrected chi connectivity index (χ0v) is 10.9. The van der Waals surface area contributed by atoms with Crippen LogP contribution in [0, 0.1) is 0 Å². The number of pyridine rings is 1. The summed E-state index contributed by atoms with van der Waals surface area (Å²) in [5.41, 5.74) is 0.948. The van der Waals surface area contributed by atoms with Gasteiger partial charge in [-0.15, -0.1) is 0 Å². The SMILES string of the molecule is CC(C(=O)O)S(=O)(=O)Nc1cccc2ncccc12. The summed E-state index contributed by atoms with van der Waals surface area (Å²) >= 11 is 0. The number of carboxylic acids is 1. The Bertz CT molecular complexity index is 722. The highest BCUT2D eigenvalue weighted by molar-refractivity contribution is 7.94. The van der Waals surface area contributed by atoms with Gasteiger partial charge in [0.2, 0.25) is 10.0 Å². The fraction of sp³-hybridized carbons (Fsp3) is 0.167. The van der Waals surface area contributed by atoms with Gasteiger partial charge in [0.25, 0.3) is 0 Å². The van der Waals surface area contributed by atoms with Gasteiger partial charge >= 0.3 is 5.97 Å². The van der Waals surface area contributed by atoms with E-state index in [0.29, 0.717) is 16.6 Å². The first kappa shape index (κ1) is 13.3. The third kappa shape index (κ3) is 2.65. The maximum atomic E-state index is 11.9. The number of nitrogens with zero attached hydrogens (tertiary/aromatic N) is 1. The highest BCUT2D eigenvalue weighted by Crippen LogP contribution is 2.23. The van der Waals surface area contributed by atoms with Crippen LogP contribution in [0.5, 0.6) is 0 Å². The Kier molecular flexibility index (Phi) is 3.39. The number of benzene rings is 1. The van der Waals surface area contributed by atoms with E-state index in [4.69, 9.17) is 5.11 Å². The standard InChI is InChI=1S/C12H12N2O4S/c1-8(12(15)16)19(17,18)14-11-6-2-5-10-9(11)4-3-7-13-10/h2-8,14H,1H3,(H,15,16). The first-order valence-electron chi connectivity index (χ1n) is 5.50. The predicted molar refractivity (Wildman–Crippen MR) is 71.4 cm³/mol. The van der Waals surface area contributed by atoms with Gasteiger partial charge in [-0.2, -0.15) is 0 Å². The second kappa shape index (κ2) is 4.85. The molecule has 1 aromatic carbocycles. The number of hydrogen-bond donors (Lipinski definition) is 2. The Balaban J connectivity index is 2.45. The molecule has 7 heteroatoms. The first-order chi connectivity index (χ1) is 8.92. The van der Waals surface area contributed by atoms with Crippen LogP contribution in [-0.4, -0.2) is 29.7 Å². The van der Waals surface area contributed by atoms with E-state index in [0.717, 1.165) is 6.92 Å². The van der Waals surface area contributed by atoms with E-state index >= 15 is 0 Å². The molecular weight excluding hydrogens is 268 g/mol. The van der Waals surface area contributed by atoms with Crippen molar-refractivity contribution >= 4 is 32.6 Å². The van der Waals surface area contributed by atoms with Crippen molar-refractivity contribution in [1.29, 1.82) is 0 Å². The van der Waals surface area contributed by atoms with Crippen LogP contribution in [-0.2, 0) is 14.8 Å². The molecule has 0 bridgehead atoms. The Morgan fingerprint density at radius 3 is 2.74 bits per heavy atom. The van der Waals surface area contributed by atoms with E-state index in [1.54, 1.807) is 36.5 Å². The van der Waals surface area contributed by atoms with Gasteiger partial charge < -0.3 is 5.11 Å². The number of carboxylic acid groups (broad SMARTS) is 1. The van der Waals surface area contributed by atoms with E-state index in [1.807, 2.05) is 0 Å². The molecule has 0 saturated heterocycles. The molecule has 0 spiro atoms. The van der Waals surface area contributed by atoms with Crippen molar-refractivity contribution in [1.82, 2.24) is 4.98 Å². The van der Waals surface area contributed by atoms with Crippen LogP contribution in [0.25, 0.3) is 10.9 Å². The van der Waals surface area contributed by atoms with Gasteiger partial charge in [-0.1, -0.05) is 6.07 Å². The summed E-state index contributed by atoms with van der Waals surface area (Å²) in [6.45, 7) is 1.12. The Morgan fingerprint density at radius 1 is 1.32 bits per heavy atom. The molecule has 0 aliphatic heterocycles. The number of aliphatic carboxylic acids is 1. The molecule has 0 amide bonds. The quantitative estimate of drug-likeness (QED) is 0.883. The average Bonchev–Trinajstić information content (AvgIpc) is 2.38. The minimum Gasteiger partial charge on any atom is -0.480 e. The molecule has 0 saturated carbocycles.